The Morgan fingerprint density at radius 3 is 2.92 bits per heavy atom. The Bertz CT molecular complexity index is 912. The van der Waals surface area contributed by atoms with E-state index in [4.69, 9.17) is 0 Å². The van der Waals surface area contributed by atoms with Gasteiger partial charge in [-0.05, 0) is 50.9 Å². The smallest absolute Gasteiger partial charge is 0.257 e. The van der Waals surface area contributed by atoms with Gasteiger partial charge in [-0.1, -0.05) is 12.1 Å². The topological polar surface area (TPSA) is 66.9 Å². The molecular weight excluding hydrogens is 364 g/mol. The molecule has 2 N–H and O–H groups in total. The lowest BCUT2D eigenvalue weighted by molar-refractivity contribution is 0.102. The molecule has 3 heterocycles. The van der Waals surface area contributed by atoms with E-state index < -0.39 is 0 Å². The van der Waals surface area contributed by atoms with Gasteiger partial charge in [0.05, 0.1) is 10.7 Å². The molecule has 134 valence electrons. The minimum absolute atomic E-state index is 0.134. The molecular formula is C19H20N4OS2. The molecule has 2 aromatic heterocycles. The van der Waals surface area contributed by atoms with Crippen molar-refractivity contribution in [1.82, 2.24) is 15.3 Å². The molecule has 7 heteroatoms. The lowest BCUT2D eigenvalue weighted by atomic mass is 9.97. The molecule has 5 nitrogen and oxygen atoms in total. The number of nitrogens with zero attached hydrogens (tertiary/aromatic N) is 2. The standard InChI is InChI=1S/C19H20N4OS2/c1-12-22-16(11-25-12)14-3-2-4-15(9-14)18(24)23-19-21-10-17(26-19)13-5-7-20-8-6-13/h2-4,9-11,13,20H,5-8H2,1H3,(H,21,23,24). The van der Waals surface area contributed by atoms with E-state index in [-0.39, 0.29) is 5.91 Å². The van der Waals surface area contributed by atoms with Crippen molar-refractivity contribution in [1.29, 1.82) is 0 Å². The molecule has 0 bridgehead atoms. The lowest BCUT2D eigenvalue weighted by Crippen LogP contribution is -2.26. The van der Waals surface area contributed by atoms with E-state index in [1.807, 2.05) is 42.8 Å². The van der Waals surface area contributed by atoms with Crippen LogP contribution >= 0.6 is 22.7 Å². The fourth-order valence-corrected chi connectivity index (χ4v) is 4.73. The third-order valence-electron chi connectivity index (χ3n) is 4.53. The largest absolute Gasteiger partial charge is 0.317 e. The van der Waals surface area contributed by atoms with E-state index in [0.29, 0.717) is 16.6 Å². The molecule has 0 unspecified atom stereocenters. The molecule has 0 atom stereocenters. The first kappa shape index (κ1) is 17.3. The Hall–Kier alpha value is -2.09. The number of piperidine rings is 1. The quantitative estimate of drug-likeness (QED) is 0.704. The molecule has 0 saturated carbocycles. The van der Waals surface area contributed by atoms with Crippen LogP contribution in [-0.4, -0.2) is 29.0 Å². The number of benzene rings is 1. The fourth-order valence-electron chi connectivity index (χ4n) is 3.12. The van der Waals surface area contributed by atoms with Crippen molar-refractivity contribution >= 4 is 33.7 Å². The monoisotopic (exact) mass is 384 g/mol. The summed E-state index contributed by atoms with van der Waals surface area (Å²) in [7, 11) is 0. The molecule has 1 fully saturated rings. The highest BCUT2D eigenvalue weighted by molar-refractivity contribution is 7.15. The molecule has 1 aliphatic rings. The van der Waals surface area contributed by atoms with E-state index in [1.165, 1.54) is 4.88 Å². The Labute approximate surface area is 160 Å². The summed E-state index contributed by atoms with van der Waals surface area (Å²) in [5.74, 6) is 0.417. The summed E-state index contributed by atoms with van der Waals surface area (Å²) in [5.41, 5.74) is 2.48. The van der Waals surface area contributed by atoms with Gasteiger partial charge in [0.2, 0.25) is 0 Å². The molecule has 1 aliphatic heterocycles. The molecule has 3 aromatic rings. The molecule has 0 radical (unpaired) electrons. The number of amides is 1. The number of aromatic nitrogens is 2. The van der Waals surface area contributed by atoms with Crippen LogP contribution in [0.5, 0.6) is 0 Å². The maximum Gasteiger partial charge on any atom is 0.257 e. The minimum Gasteiger partial charge on any atom is -0.317 e. The Balaban J connectivity index is 1.47. The highest BCUT2D eigenvalue weighted by Crippen LogP contribution is 2.32. The molecule has 0 spiro atoms. The SMILES string of the molecule is Cc1nc(-c2cccc(C(=O)Nc3ncc(C4CCNCC4)s3)c2)cs1. The molecule has 1 saturated heterocycles. The number of hydrogen-bond donors (Lipinski definition) is 2. The van der Waals surface area contributed by atoms with Gasteiger partial charge in [0.1, 0.15) is 0 Å². The molecule has 1 aromatic carbocycles. The van der Waals surface area contributed by atoms with Crippen LogP contribution in [0.4, 0.5) is 5.13 Å². The van der Waals surface area contributed by atoms with Crippen LogP contribution in [0.25, 0.3) is 11.3 Å². The minimum atomic E-state index is -0.134. The number of thiazole rings is 2. The predicted molar refractivity (Wildman–Crippen MR) is 107 cm³/mol. The predicted octanol–water partition coefficient (Wildman–Crippen LogP) is 4.29. The van der Waals surface area contributed by atoms with Gasteiger partial charge in [-0.25, -0.2) is 9.97 Å². The second-order valence-corrected chi connectivity index (χ2v) is 8.50. The molecule has 0 aliphatic carbocycles. The van der Waals surface area contributed by atoms with Crippen molar-refractivity contribution in [2.45, 2.75) is 25.7 Å². The van der Waals surface area contributed by atoms with Crippen molar-refractivity contribution in [3.8, 4) is 11.3 Å². The van der Waals surface area contributed by atoms with Crippen LogP contribution in [0.15, 0.2) is 35.8 Å². The Kier molecular flexibility index (Phi) is 5.10. The average molecular weight is 385 g/mol. The summed E-state index contributed by atoms with van der Waals surface area (Å²) in [6, 6.07) is 7.57. The van der Waals surface area contributed by atoms with Gasteiger partial charge in [0.15, 0.2) is 5.13 Å². The van der Waals surface area contributed by atoms with Gasteiger partial charge >= 0.3 is 0 Å². The van der Waals surface area contributed by atoms with Gasteiger partial charge in [-0.2, -0.15) is 0 Å². The van der Waals surface area contributed by atoms with Crippen LogP contribution in [-0.2, 0) is 0 Å². The van der Waals surface area contributed by atoms with Crippen LogP contribution < -0.4 is 10.6 Å². The second kappa shape index (κ2) is 7.65. The van der Waals surface area contributed by atoms with E-state index in [1.54, 1.807) is 22.7 Å². The summed E-state index contributed by atoms with van der Waals surface area (Å²) < 4.78 is 0. The number of carbonyl (C=O) groups excluding carboxylic acids is 1. The first-order valence-electron chi connectivity index (χ1n) is 8.69. The average Bonchev–Trinajstić information content (AvgIpc) is 3.32. The van der Waals surface area contributed by atoms with E-state index in [0.717, 1.165) is 42.2 Å². The number of rotatable bonds is 4. The third-order valence-corrected chi connectivity index (χ3v) is 6.37. The van der Waals surface area contributed by atoms with Crippen molar-refractivity contribution in [2.75, 3.05) is 18.4 Å². The van der Waals surface area contributed by atoms with Crippen LogP contribution in [0.1, 0.15) is 39.0 Å². The lowest BCUT2D eigenvalue weighted by Gasteiger charge is -2.20. The number of anilines is 1. The highest BCUT2D eigenvalue weighted by atomic mass is 32.1. The Morgan fingerprint density at radius 1 is 1.31 bits per heavy atom. The van der Waals surface area contributed by atoms with E-state index >= 15 is 0 Å². The molecule has 4 rings (SSSR count). The van der Waals surface area contributed by atoms with Crippen molar-refractivity contribution in [3.63, 3.8) is 0 Å². The number of nitrogens with one attached hydrogen (secondary N) is 2. The zero-order chi connectivity index (χ0) is 17.9. The normalized spacial score (nSPS) is 15.1. The van der Waals surface area contributed by atoms with Crippen LogP contribution in [0.2, 0.25) is 0 Å². The number of carbonyl (C=O) groups is 1. The third kappa shape index (κ3) is 3.85. The summed E-state index contributed by atoms with van der Waals surface area (Å²) in [6.07, 6.45) is 4.17. The molecule has 26 heavy (non-hydrogen) atoms. The number of aryl methyl sites for hydroxylation is 1. The van der Waals surface area contributed by atoms with Gasteiger partial charge in [0, 0.05) is 27.6 Å². The van der Waals surface area contributed by atoms with Crippen LogP contribution in [0, 0.1) is 6.92 Å². The zero-order valence-corrected chi connectivity index (χ0v) is 16.1. The van der Waals surface area contributed by atoms with Crippen molar-refractivity contribution < 1.29 is 4.79 Å². The fraction of sp³-hybridized carbons (Fsp3) is 0.316. The summed E-state index contributed by atoms with van der Waals surface area (Å²) in [4.78, 5) is 22.8. The van der Waals surface area contributed by atoms with E-state index in [2.05, 4.69) is 20.6 Å². The Morgan fingerprint density at radius 2 is 2.15 bits per heavy atom. The van der Waals surface area contributed by atoms with E-state index in [9.17, 15) is 4.79 Å². The van der Waals surface area contributed by atoms with Gasteiger partial charge in [-0.3, -0.25) is 10.1 Å². The van der Waals surface area contributed by atoms with Crippen molar-refractivity contribution in [2.24, 2.45) is 0 Å². The maximum atomic E-state index is 12.6. The zero-order valence-electron chi connectivity index (χ0n) is 14.5. The molecule has 1 amide bonds. The highest BCUT2D eigenvalue weighted by Gasteiger charge is 2.18. The van der Waals surface area contributed by atoms with Crippen LogP contribution in [0.3, 0.4) is 0 Å². The summed E-state index contributed by atoms with van der Waals surface area (Å²) in [5, 5.41) is 10.0. The van der Waals surface area contributed by atoms with Gasteiger partial charge in [0.25, 0.3) is 5.91 Å². The first-order valence-corrected chi connectivity index (χ1v) is 10.4. The van der Waals surface area contributed by atoms with Gasteiger partial charge < -0.3 is 5.32 Å². The van der Waals surface area contributed by atoms with Crippen molar-refractivity contribution in [3.05, 3.63) is 51.3 Å². The van der Waals surface area contributed by atoms with Gasteiger partial charge in [-0.15, -0.1) is 22.7 Å². The number of hydrogen-bond acceptors (Lipinski definition) is 6. The summed E-state index contributed by atoms with van der Waals surface area (Å²) >= 11 is 3.19. The second-order valence-electron chi connectivity index (χ2n) is 6.38. The first-order chi connectivity index (χ1) is 12.7. The summed E-state index contributed by atoms with van der Waals surface area (Å²) in [6.45, 7) is 4.08. The maximum absolute atomic E-state index is 12.6.